The third kappa shape index (κ3) is 12.4. The highest BCUT2D eigenvalue weighted by atomic mass is 35.5. The number of hydrogen-bond acceptors (Lipinski definition) is 11. The lowest BCUT2D eigenvalue weighted by atomic mass is 10.0. The number of carbonyl (C=O) groups excluding carboxylic acids is 5. The van der Waals surface area contributed by atoms with Crippen LogP contribution in [-0.2, 0) is 14.4 Å². The predicted octanol–water partition coefficient (Wildman–Crippen LogP) is -1.59. The Morgan fingerprint density at radius 1 is 0.809 bits per heavy atom. The molecule has 260 valence electrons. The van der Waals surface area contributed by atoms with E-state index in [9.17, 15) is 38.7 Å². The first-order valence-electron chi connectivity index (χ1n) is 14.3. The summed E-state index contributed by atoms with van der Waals surface area (Å²) >= 11 is 0. The Bertz CT molecular complexity index is 1430. The molecular formula is C27H41ClN10O9. The summed E-state index contributed by atoms with van der Waals surface area (Å²) in [6.45, 7) is 7.09. The summed E-state index contributed by atoms with van der Waals surface area (Å²) in [6.07, 6.45) is 1.81. The van der Waals surface area contributed by atoms with Crippen molar-refractivity contribution in [1.82, 2.24) is 46.5 Å². The first-order chi connectivity index (χ1) is 21.6. The standard InChI is InChI=1S/C27H40N10O9.ClH/c1-12(2)5-15(36-25(43)21-22(33-11-32-21)26(44)37-16(27(45)46)6-18(39)40)8-29-9-17(38)14(4)35-24(42)20-19(30-10-31-20)23(41)34-13(3)7-28;/h10-16,29H,5-9,28H2,1-4H3,(H,30,31)(H,32,33)(H,34,41)(H,35,42)(H,36,43)(H,37,44)(H,39,40)(H,45,46);1H/t13-,14-,15-,16-;/m0./s1. The number of amides is 4. The zero-order chi connectivity index (χ0) is 34.6. The summed E-state index contributed by atoms with van der Waals surface area (Å²) in [5, 5.41) is 30.9. The Morgan fingerprint density at radius 2 is 1.34 bits per heavy atom. The highest BCUT2D eigenvalue weighted by Gasteiger charge is 2.29. The zero-order valence-electron chi connectivity index (χ0n) is 26.2. The van der Waals surface area contributed by atoms with Crippen LogP contribution in [-0.4, -0.2) is 115 Å². The number of hydrogen-bond donors (Lipinski definition) is 10. The molecule has 11 N–H and O–H groups in total. The first kappa shape index (κ1) is 40.1. The number of aliphatic carboxylic acids is 2. The van der Waals surface area contributed by atoms with Crippen molar-refractivity contribution in [3.63, 3.8) is 0 Å². The lowest BCUT2D eigenvalue weighted by Gasteiger charge is -2.21. The maximum absolute atomic E-state index is 13.0. The SMILES string of the molecule is CC(C)C[C@@H](CNCC(=O)[C@H](C)NC(=O)c1[nH]cnc1C(=O)N[C@@H](C)CN)NC(=O)c1nc[nH]c1C(=O)N[C@@H](CC(=O)O)C(=O)O.Cl. The van der Waals surface area contributed by atoms with E-state index in [4.69, 9.17) is 10.8 Å². The van der Waals surface area contributed by atoms with Gasteiger partial charge >= 0.3 is 11.9 Å². The molecule has 0 radical (unpaired) electrons. The van der Waals surface area contributed by atoms with Crippen LogP contribution >= 0.6 is 12.4 Å². The second kappa shape index (κ2) is 18.9. The van der Waals surface area contributed by atoms with Crippen molar-refractivity contribution in [2.45, 2.75) is 64.7 Å². The lowest BCUT2D eigenvalue weighted by molar-refractivity contribution is -0.145. The van der Waals surface area contributed by atoms with Gasteiger partial charge in [0.2, 0.25) is 0 Å². The van der Waals surface area contributed by atoms with Crippen LogP contribution in [0, 0.1) is 5.92 Å². The molecule has 2 aromatic rings. The number of nitrogens with two attached hydrogens (primary N) is 1. The fourth-order valence-electron chi connectivity index (χ4n) is 4.12. The third-order valence-electron chi connectivity index (χ3n) is 6.49. The van der Waals surface area contributed by atoms with Gasteiger partial charge in [-0.05, 0) is 26.2 Å². The Kier molecular flexibility index (Phi) is 16.2. The van der Waals surface area contributed by atoms with Gasteiger partial charge in [0.15, 0.2) is 17.2 Å². The van der Waals surface area contributed by atoms with Gasteiger partial charge in [-0.15, -0.1) is 12.4 Å². The minimum Gasteiger partial charge on any atom is -0.481 e. The molecule has 19 nitrogen and oxygen atoms in total. The number of rotatable bonds is 19. The van der Waals surface area contributed by atoms with Crippen molar-refractivity contribution >= 4 is 53.8 Å². The Balaban J connectivity index is 0.0000110. The van der Waals surface area contributed by atoms with Crippen LogP contribution in [0.4, 0.5) is 0 Å². The number of imidazole rings is 2. The molecule has 0 fully saturated rings. The molecule has 0 aliphatic heterocycles. The number of H-pyrrole nitrogens is 2. The van der Waals surface area contributed by atoms with Crippen LogP contribution in [0.1, 0.15) is 82.5 Å². The molecule has 47 heavy (non-hydrogen) atoms. The number of carboxylic acid groups (broad SMARTS) is 2. The molecule has 4 atom stereocenters. The second-order valence-electron chi connectivity index (χ2n) is 10.9. The molecule has 0 aromatic carbocycles. The molecule has 2 rings (SSSR count). The molecule has 0 bridgehead atoms. The Morgan fingerprint density at radius 3 is 1.83 bits per heavy atom. The van der Waals surface area contributed by atoms with Crippen LogP contribution in [0.5, 0.6) is 0 Å². The lowest BCUT2D eigenvalue weighted by Crippen LogP contribution is -2.47. The quantitative estimate of drug-likeness (QED) is 0.0799. The van der Waals surface area contributed by atoms with Crippen molar-refractivity contribution in [3.8, 4) is 0 Å². The minimum absolute atomic E-state index is 0. The molecule has 2 heterocycles. The van der Waals surface area contributed by atoms with Crippen LogP contribution in [0.25, 0.3) is 0 Å². The maximum Gasteiger partial charge on any atom is 0.326 e. The number of nitrogens with one attached hydrogen (secondary N) is 7. The summed E-state index contributed by atoms with van der Waals surface area (Å²) in [6, 6.07) is -3.59. The van der Waals surface area contributed by atoms with Crippen molar-refractivity contribution < 1.29 is 43.8 Å². The number of aromatic amines is 2. The van der Waals surface area contributed by atoms with E-state index in [0.717, 1.165) is 6.33 Å². The topological polar surface area (TPSA) is 303 Å². The number of Topliss-reactive ketones (excluding diaryl/α,β-unsaturated/α-hetero) is 1. The maximum atomic E-state index is 13.0. The van der Waals surface area contributed by atoms with E-state index in [1.165, 1.54) is 13.3 Å². The van der Waals surface area contributed by atoms with E-state index in [2.05, 4.69) is 41.2 Å². The highest BCUT2D eigenvalue weighted by molar-refractivity contribution is 6.07. The fraction of sp³-hybridized carbons (Fsp3) is 0.519. The number of ketones is 1. The van der Waals surface area contributed by atoms with Crippen molar-refractivity contribution in [1.29, 1.82) is 0 Å². The van der Waals surface area contributed by atoms with Gasteiger partial charge in [-0.1, -0.05) is 13.8 Å². The average molecular weight is 685 g/mol. The van der Waals surface area contributed by atoms with E-state index in [-0.39, 0.29) is 66.8 Å². The first-order valence-corrected chi connectivity index (χ1v) is 14.3. The molecule has 20 heteroatoms. The molecule has 0 aliphatic rings. The highest BCUT2D eigenvalue weighted by Crippen LogP contribution is 2.09. The van der Waals surface area contributed by atoms with Crippen LogP contribution in [0.2, 0.25) is 0 Å². The fourth-order valence-corrected chi connectivity index (χ4v) is 4.12. The van der Waals surface area contributed by atoms with Crippen LogP contribution < -0.4 is 32.3 Å². The van der Waals surface area contributed by atoms with Gasteiger partial charge in [0.25, 0.3) is 23.6 Å². The Labute approximate surface area is 275 Å². The summed E-state index contributed by atoms with van der Waals surface area (Å²) in [5.41, 5.74) is 4.53. The summed E-state index contributed by atoms with van der Waals surface area (Å²) in [7, 11) is 0. The molecule has 0 spiro atoms. The summed E-state index contributed by atoms with van der Waals surface area (Å²) in [5.74, 6) is -6.44. The minimum atomic E-state index is -1.74. The largest absolute Gasteiger partial charge is 0.481 e. The van der Waals surface area contributed by atoms with E-state index >= 15 is 0 Å². The number of nitrogens with zero attached hydrogens (tertiary/aromatic N) is 2. The van der Waals surface area contributed by atoms with Gasteiger partial charge in [-0.25, -0.2) is 14.8 Å². The van der Waals surface area contributed by atoms with Gasteiger partial charge in [-0.2, -0.15) is 0 Å². The molecule has 0 saturated heterocycles. The second-order valence-corrected chi connectivity index (χ2v) is 10.9. The van der Waals surface area contributed by atoms with Gasteiger partial charge in [0.05, 0.1) is 31.7 Å². The van der Waals surface area contributed by atoms with Crippen molar-refractivity contribution in [3.05, 3.63) is 35.4 Å². The smallest absolute Gasteiger partial charge is 0.326 e. The third-order valence-corrected chi connectivity index (χ3v) is 6.49. The molecule has 0 unspecified atom stereocenters. The number of aromatic nitrogens is 4. The van der Waals surface area contributed by atoms with E-state index in [0.29, 0.717) is 6.42 Å². The predicted molar refractivity (Wildman–Crippen MR) is 167 cm³/mol. The number of carboxylic acids is 2. The summed E-state index contributed by atoms with van der Waals surface area (Å²) in [4.78, 5) is 98.7. The van der Waals surface area contributed by atoms with Gasteiger partial charge in [0, 0.05) is 25.2 Å². The molecule has 0 saturated carbocycles. The van der Waals surface area contributed by atoms with Crippen LogP contribution in [0.15, 0.2) is 12.7 Å². The number of halogens is 1. The van der Waals surface area contributed by atoms with Crippen molar-refractivity contribution in [2.24, 2.45) is 11.7 Å². The average Bonchev–Trinajstić information content (AvgIpc) is 3.66. The van der Waals surface area contributed by atoms with Gasteiger partial charge in [-0.3, -0.25) is 28.8 Å². The molecule has 0 aliphatic carbocycles. The monoisotopic (exact) mass is 684 g/mol. The van der Waals surface area contributed by atoms with E-state index in [1.807, 2.05) is 19.2 Å². The van der Waals surface area contributed by atoms with Crippen LogP contribution in [0.3, 0.4) is 0 Å². The zero-order valence-corrected chi connectivity index (χ0v) is 27.0. The normalized spacial score (nSPS) is 13.3. The number of carbonyl (C=O) groups is 7. The summed E-state index contributed by atoms with van der Waals surface area (Å²) < 4.78 is 0. The molecule has 2 aromatic heterocycles. The van der Waals surface area contributed by atoms with E-state index < -0.39 is 65.9 Å². The van der Waals surface area contributed by atoms with E-state index in [1.54, 1.807) is 6.92 Å². The van der Waals surface area contributed by atoms with Crippen molar-refractivity contribution in [2.75, 3.05) is 19.6 Å². The Hall–Kier alpha value is -4.88. The molecule has 4 amide bonds. The van der Waals surface area contributed by atoms with Gasteiger partial charge in [0.1, 0.15) is 17.4 Å². The molecular weight excluding hydrogens is 644 g/mol. The van der Waals surface area contributed by atoms with Gasteiger partial charge < -0.3 is 52.5 Å².